The summed E-state index contributed by atoms with van der Waals surface area (Å²) in [6.07, 6.45) is 6.22. The van der Waals surface area contributed by atoms with E-state index in [2.05, 4.69) is 22.4 Å². The number of aromatic nitrogens is 4. The maximum absolute atomic E-state index is 13.4. The second kappa shape index (κ2) is 4.99. The molecule has 92 valence electrons. The lowest BCUT2D eigenvalue weighted by molar-refractivity contribution is 0.496. The van der Waals surface area contributed by atoms with E-state index in [1.165, 1.54) is 10.9 Å². The summed E-state index contributed by atoms with van der Waals surface area (Å²) in [4.78, 5) is 0. The minimum atomic E-state index is -0.307. The van der Waals surface area contributed by atoms with Gasteiger partial charge in [0.1, 0.15) is 0 Å². The van der Waals surface area contributed by atoms with Crippen LogP contribution in [-0.2, 0) is 20.1 Å². The number of rotatable bonds is 5. The van der Waals surface area contributed by atoms with Gasteiger partial charge >= 0.3 is 0 Å². The molecule has 0 radical (unpaired) electrons. The van der Waals surface area contributed by atoms with Crippen molar-refractivity contribution >= 4 is 5.69 Å². The average Bonchev–Trinajstić information content (AvgIpc) is 2.87. The maximum Gasteiger partial charge on any atom is 0.216 e. The van der Waals surface area contributed by atoms with E-state index >= 15 is 0 Å². The summed E-state index contributed by atoms with van der Waals surface area (Å²) >= 11 is 0. The predicted octanol–water partition coefficient (Wildman–Crippen LogP) is 1.78. The molecule has 0 saturated heterocycles. The van der Waals surface area contributed by atoms with Gasteiger partial charge in [0, 0.05) is 31.9 Å². The van der Waals surface area contributed by atoms with Gasteiger partial charge in [0.25, 0.3) is 0 Å². The minimum Gasteiger partial charge on any atom is -0.378 e. The van der Waals surface area contributed by atoms with Crippen molar-refractivity contribution in [3.63, 3.8) is 0 Å². The Morgan fingerprint density at radius 1 is 1.35 bits per heavy atom. The lowest BCUT2D eigenvalue weighted by Gasteiger charge is -2.01. The molecular formula is C11H16FN5. The highest BCUT2D eigenvalue weighted by atomic mass is 19.1. The monoisotopic (exact) mass is 237 g/mol. The van der Waals surface area contributed by atoms with Gasteiger partial charge in [-0.05, 0) is 6.42 Å². The van der Waals surface area contributed by atoms with E-state index in [-0.39, 0.29) is 5.95 Å². The Balaban J connectivity index is 1.95. The fraction of sp³-hybridized carbons (Fsp3) is 0.455. The largest absolute Gasteiger partial charge is 0.378 e. The molecule has 1 N–H and O–H groups in total. The second-order valence-electron chi connectivity index (χ2n) is 3.93. The van der Waals surface area contributed by atoms with Crippen molar-refractivity contribution in [1.82, 2.24) is 19.6 Å². The summed E-state index contributed by atoms with van der Waals surface area (Å²) in [5.74, 6) is -0.307. The molecule has 0 atom stereocenters. The van der Waals surface area contributed by atoms with E-state index < -0.39 is 0 Å². The van der Waals surface area contributed by atoms with Crippen molar-refractivity contribution in [2.45, 2.75) is 26.4 Å². The molecule has 2 heterocycles. The third kappa shape index (κ3) is 2.64. The SMILES string of the molecule is CCCn1cc(NCc2cnn(C)c2F)cn1. The van der Waals surface area contributed by atoms with Crippen molar-refractivity contribution in [2.24, 2.45) is 7.05 Å². The molecule has 0 aromatic carbocycles. The lowest BCUT2D eigenvalue weighted by Crippen LogP contribution is -2.02. The first kappa shape index (κ1) is 11.6. The summed E-state index contributed by atoms with van der Waals surface area (Å²) in [5.41, 5.74) is 1.44. The van der Waals surface area contributed by atoms with Crippen LogP contribution in [0, 0.1) is 5.95 Å². The highest BCUT2D eigenvalue weighted by Crippen LogP contribution is 2.10. The average molecular weight is 237 g/mol. The van der Waals surface area contributed by atoms with Crippen LogP contribution in [-0.4, -0.2) is 19.6 Å². The Kier molecular flexibility index (Phi) is 3.41. The first-order valence-electron chi connectivity index (χ1n) is 5.63. The first-order valence-corrected chi connectivity index (χ1v) is 5.63. The lowest BCUT2D eigenvalue weighted by atomic mass is 10.3. The molecule has 2 rings (SSSR count). The van der Waals surface area contributed by atoms with Crippen LogP contribution >= 0.6 is 0 Å². The van der Waals surface area contributed by atoms with Crippen LogP contribution in [0.5, 0.6) is 0 Å². The zero-order valence-corrected chi connectivity index (χ0v) is 10.0. The molecule has 0 fully saturated rings. The number of hydrogen-bond donors (Lipinski definition) is 1. The maximum atomic E-state index is 13.4. The molecule has 2 aromatic heterocycles. The number of halogens is 1. The highest BCUT2D eigenvalue weighted by Gasteiger charge is 2.07. The Hall–Kier alpha value is -1.85. The molecule has 0 bridgehead atoms. The van der Waals surface area contributed by atoms with Crippen LogP contribution in [0.25, 0.3) is 0 Å². The number of nitrogens with one attached hydrogen (secondary N) is 1. The van der Waals surface area contributed by atoms with E-state index in [9.17, 15) is 4.39 Å². The van der Waals surface area contributed by atoms with Gasteiger partial charge in [0.15, 0.2) is 0 Å². The Bertz CT molecular complexity index is 488. The molecule has 17 heavy (non-hydrogen) atoms. The Labute approximate surface area is 99.2 Å². The van der Waals surface area contributed by atoms with Crippen molar-refractivity contribution in [2.75, 3.05) is 5.32 Å². The number of hydrogen-bond acceptors (Lipinski definition) is 3. The Morgan fingerprint density at radius 3 is 2.82 bits per heavy atom. The molecule has 0 saturated carbocycles. The van der Waals surface area contributed by atoms with E-state index in [1.807, 2.05) is 10.9 Å². The molecule has 0 amide bonds. The summed E-state index contributed by atoms with van der Waals surface area (Å²) in [6.45, 7) is 3.40. The molecule has 0 unspecified atom stereocenters. The molecular weight excluding hydrogens is 221 g/mol. The predicted molar refractivity (Wildman–Crippen MR) is 63.0 cm³/mol. The van der Waals surface area contributed by atoms with E-state index in [0.29, 0.717) is 12.1 Å². The summed E-state index contributed by atoms with van der Waals surface area (Å²) in [5, 5.41) is 11.1. The molecule has 2 aromatic rings. The fourth-order valence-corrected chi connectivity index (χ4v) is 1.59. The van der Waals surface area contributed by atoms with Gasteiger partial charge < -0.3 is 5.32 Å². The standard InChI is InChI=1S/C11H16FN5/c1-3-4-17-8-10(7-15-17)13-5-9-6-14-16(2)11(9)12/h6-8,13H,3-5H2,1-2H3. The van der Waals surface area contributed by atoms with E-state index in [1.54, 1.807) is 13.2 Å². The molecule has 0 aliphatic carbocycles. The minimum absolute atomic E-state index is 0.307. The van der Waals surface area contributed by atoms with E-state index in [0.717, 1.165) is 18.7 Å². The zero-order chi connectivity index (χ0) is 12.3. The van der Waals surface area contributed by atoms with Gasteiger partial charge in [0.05, 0.1) is 18.1 Å². The third-order valence-electron chi connectivity index (χ3n) is 2.50. The zero-order valence-electron chi connectivity index (χ0n) is 10.0. The molecule has 6 heteroatoms. The van der Waals surface area contributed by atoms with Crippen LogP contribution in [0.15, 0.2) is 18.6 Å². The summed E-state index contributed by atoms with van der Waals surface area (Å²) in [6, 6.07) is 0. The van der Waals surface area contributed by atoms with Gasteiger partial charge in [-0.15, -0.1) is 0 Å². The topological polar surface area (TPSA) is 47.7 Å². The van der Waals surface area contributed by atoms with Crippen LogP contribution < -0.4 is 5.32 Å². The van der Waals surface area contributed by atoms with Gasteiger partial charge in [-0.3, -0.25) is 4.68 Å². The molecule has 0 aliphatic heterocycles. The van der Waals surface area contributed by atoms with Crippen LogP contribution in [0.1, 0.15) is 18.9 Å². The molecule has 0 spiro atoms. The normalized spacial score (nSPS) is 10.8. The summed E-state index contributed by atoms with van der Waals surface area (Å²) < 4.78 is 16.5. The first-order chi connectivity index (χ1) is 8.20. The molecule has 5 nitrogen and oxygen atoms in total. The third-order valence-corrected chi connectivity index (χ3v) is 2.50. The van der Waals surface area contributed by atoms with Gasteiger partial charge in [-0.25, -0.2) is 4.68 Å². The summed E-state index contributed by atoms with van der Waals surface area (Å²) in [7, 11) is 1.58. The number of anilines is 1. The van der Waals surface area contributed by atoms with Gasteiger partial charge in [0.2, 0.25) is 5.95 Å². The van der Waals surface area contributed by atoms with Gasteiger partial charge in [-0.2, -0.15) is 14.6 Å². The smallest absolute Gasteiger partial charge is 0.216 e. The van der Waals surface area contributed by atoms with E-state index in [4.69, 9.17) is 0 Å². The van der Waals surface area contributed by atoms with Crippen LogP contribution in [0.2, 0.25) is 0 Å². The van der Waals surface area contributed by atoms with Gasteiger partial charge in [-0.1, -0.05) is 6.92 Å². The second-order valence-corrected chi connectivity index (χ2v) is 3.93. The number of nitrogens with zero attached hydrogens (tertiary/aromatic N) is 4. The Morgan fingerprint density at radius 2 is 2.18 bits per heavy atom. The molecule has 0 aliphatic rings. The highest BCUT2D eigenvalue weighted by molar-refractivity contribution is 5.38. The number of aryl methyl sites for hydroxylation is 2. The van der Waals surface area contributed by atoms with Crippen molar-refractivity contribution in [3.8, 4) is 0 Å². The van der Waals surface area contributed by atoms with Crippen LogP contribution in [0.4, 0.5) is 10.1 Å². The van der Waals surface area contributed by atoms with Crippen molar-refractivity contribution in [1.29, 1.82) is 0 Å². The fourth-order valence-electron chi connectivity index (χ4n) is 1.59. The van der Waals surface area contributed by atoms with Crippen molar-refractivity contribution in [3.05, 3.63) is 30.1 Å². The van der Waals surface area contributed by atoms with Crippen molar-refractivity contribution < 1.29 is 4.39 Å². The quantitative estimate of drug-likeness (QED) is 0.862. The van der Waals surface area contributed by atoms with Crippen LogP contribution in [0.3, 0.4) is 0 Å².